The Bertz CT molecular complexity index is 578. The molecule has 0 amide bonds. The van der Waals surface area contributed by atoms with E-state index in [9.17, 15) is 4.79 Å². The smallest absolute Gasteiger partial charge is 0.336 e. The molecular formula is C16H23N3O2S. The second-order valence-electron chi connectivity index (χ2n) is 5.16. The van der Waals surface area contributed by atoms with Crippen molar-refractivity contribution in [2.75, 3.05) is 6.61 Å². The zero-order chi connectivity index (χ0) is 15.8. The number of aromatic nitrogens is 3. The third-order valence-electron chi connectivity index (χ3n) is 3.24. The maximum atomic E-state index is 12.4. The minimum atomic E-state index is -0.0154. The standard InChI is InChI=1S/C16H23N3O2S/c1-3-5-6-7-10-14(20)19-15(13-9-8-12-22-13)17-16(18-19)21-11-4-2/h8-9,12H,3-7,10-11H2,1-2H3. The fourth-order valence-electron chi connectivity index (χ4n) is 2.10. The van der Waals surface area contributed by atoms with Crippen LogP contribution < -0.4 is 4.74 Å². The molecule has 2 aromatic rings. The van der Waals surface area contributed by atoms with Crippen LogP contribution in [0.1, 0.15) is 57.2 Å². The van der Waals surface area contributed by atoms with Crippen LogP contribution in [0.5, 0.6) is 6.01 Å². The Balaban J connectivity index is 2.13. The van der Waals surface area contributed by atoms with Gasteiger partial charge in [0.2, 0.25) is 5.91 Å². The number of carbonyl (C=O) groups is 1. The number of ether oxygens (including phenoxy) is 1. The van der Waals surface area contributed by atoms with E-state index >= 15 is 0 Å². The molecule has 6 heteroatoms. The van der Waals surface area contributed by atoms with Crippen molar-refractivity contribution in [1.82, 2.24) is 14.8 Å². The Hall–Kier alpha value is -1.69. The summed E-state index contributed by atoms with van der Waals surface area (Å²) in [6.07, 6.45) is 5.66. The van der Waals surface area contributed by atoms with E-state index in [-0.39, 0.29) is 11.9 Å². The van der Waals surface area contributed by atoms with E-state index < -0.39 is 0 Å². The SMILES string of the molecule is CCCCCCC(=O)n1nc(OCCC)nc1-c1cccs1. The number of nitrogens with zero attached hydrogens (tertiary/aromatic N) is 3. The zero-order valence-corrected chi connectivity index (χ0v) is 14.1. The zero-order valence-electron chi connectivity index (χ0n) is 13.2. The van der Waals surface area contributed by atoms with Gasteiger partial charge in [0.1, 0.15) is 0 Å². The van der Waals surface area contributed by atoms with Crippen LogP contribution in [0.15, 0.2) is 17.5 Å². The van der Waals surface area contributed by atoms with Crippen LogP contribution in [0, 0.1) is 0 Å². The van der Waals surface area contributed by atoms with Crippen LogP contribution >= 0.6 is 11.3 Å². The van der Waals surface area contributed by atoms with E-state index in [0.717, 1.165) is 37.0 Å². The molecule has 0 radical (unpaired) electrons. The summed E-state index contributed by atoms with van der Waals surface area (Å²) < 4.78 is 6.88. The van der Waals surface area contributed by atoms with E-state index in [0.29, 0.717) is 18.9 Å². The van der Waals surface area contributed by atoms with Gasteiger partial charge in [-0.2, -0.15) is 9.67 Å². The third-order valence-corrected chi connectivity index (χ3v) is 4.11. The van der Waals surface area contributed by atoms with Crippen molar-refractivity contribution in [2.45, 2.75) is 52.4 Å². The van der Waals surface area contributed by atoms with Gasteiger partial charge in [-0.15, -0.1) is 16.4 Å². The molecule has 0 spiro atoms. The molecule has 0 aromatic carbocycles. The number of unbranched alkanes of at least 4 members (excludes halogenated alkanes) is 3. The Morgan fingerprint density at radius 3 is 2.82 bits per heavy atom. The number of carbonyl (C=O) groups excluding carboxylic acids is 1. The van der Waals surface area contributed by atoms with Gasteiger partial charge in [0.05, 0.1) is 11.5 Å². The topological polar surface area (TPSA) is 57.0 Å². The molecule has 2 rings (SSSR count). The quantitative estimate of drug-likeness (QED) is 0.642. The molecule has 0 saturated carbocycles. The second kappa shape index (κ2) is 8.68. The molecule has 0 fully saturated rings. The van der Waals surface area contributed by atoms with Gasteiger partial charge >= 0.3 is 6.01 Å². The van der Waals surface area contributed by atoms with E-state index in [1.54, 1.807) is 11.3 Å². The van der Waals surface area contributed by atoms with Crippen LogP contribution in [0.4, 0.5) is 0 Å². The van der Waals surface area contributed by atoms with Gasteiger partial charge in [0.15, 0.2) is 5.82 Å². The van der Waals surface area contributed by atoms with Gasteiger partial charge < -0.3 is 4.74 Å². The summed E-state index contributed by atoms with van der Waals surface area (Å²) >= 11 is 1.55. The molecule has 22 heavy (non-hydrogen) atoms. The van der Waals surface area contributed by atoms with Crippen LogP contribution in [-0.4, -0.2) is 27.3 Å². The fourth-order valence-corrected chi connectivity index (χ4v) is 2.79. The minimum absolute atomic E-state index is 0.0154. The predicted octanol–water partition coefficient (Wildman–Crippen LogP) is 4.41. The van der Waals surface area contributed by atoms with Crippen molar-refractivity contribution in [1.29, 1.82) is 0 Å². The maximum Gasteiger partial charge on any atom is 0.336 e. The normalized spacial score (nSPS) is 10.8. The first kappa shape index (κ1) is 16.7. The number of thiophene rings is 1. The van der Waals surface area contributed by atoms with E-state index in [1.807, 2.05) is 24.4 Å². The van der Waals surface area contributed by atoms with Crippen LogP contribution in [0.3, 0.4) is 0 Å². The molecule has 0 bridgehead atoms. The van der Waals surface area contributed by atoms with Crippen molar-refractivity contribution in [3.05, 3.63) is 17.5 Å². The highest BCUT2D eigenvalue weighted by molar-refractivity contribution is 7.13. The summed E-state index contributed by atoms with van der Waals surface area (Å²) in [5.74, 6) is 0.569. The van der Waals surface area contributed by atoms with Crippen molar-refractivity contribution < 1.29 is 9.53 Å². The minimum Gasteiger partial charge on any atom is -0.462 e. The predicted molar refractivity (Wildman–Crippen MR) is 88.5 cm³/mol. The summed E-state index contributed by atoms with van der Waals surface area (Å²) in [5, 5.41) is 6.21. The van der Waals surface area contributed by atoms with Crippen LogP contribution in [0.25, 0.3) is 10.7 Å². The first-order valence-electron chi connectivity index (χ1n) is 7.93. The lowest BCUT2D eigenvalue weighted by atomic mass is 10.1. The largest absolute Gasteiger partial charge is 0.462 e. The lowest BCUT2D eigenvalue weighted by Crippen LogP contribution is -2.13. The lowest BCUT2D eigenvalue weighted by molar-refractivity contribution is 0.0883. The van der Waals surface area contributed by atoms with Crippen LogP contribution in [0.2, 0.25) is 0 Å². The Morgan fingerprint density at radius 2 is 2.14 bits per heavy atom. The highest BCUT2D eigenvalue weighted by Gasteiger charge is 2.18. The number of hydrogen-bond acceptors (Lipinski definition) is 5. The van der Waals surface area contributed by atoms with Gasteiger partial charge in [-0.1, -0.05) is 39.2 Å². The van der Waals surface area contributed by atoms with Crippen molar-refractivity contribution in [3.63, 3.8) is 0 Å². The lowest BCUT2D eigenvalue weighted by Gasteiger charge is -2.02. The van der Waals surface area contributed by atoms with Crippen molar-refractivity contribution >= 4 is 17.2 Å². The van der Waals surface area contributed by atoms with Gasteiger partial charge in [0.25, 0.3) is 0 Å². The molecule has 0 aliphatic rings. The summed E-state index contributed by atoms with van der Waals surface area (Å²) in [4.78, 5) is 17.7. The molecular weight excluding hydrogens is 298 g/mol. The highest BCUT2D eigenvalue weighted by atomic mass is 32.1. The monoisotopic (exact) mass is 321 g/mol. The molecule has 120 valence electrons. The molecule has 2 heterocycles. The molecule has 0 unspecified atom stereocenters. The van der Waals surface area contributed by atoms with Gasteiger partial charge in [0, 0.05) is 6.42 Å². The highest BCUT2D eigenvalue weighted by Crippen LogP contribution is 2.25. The van der Waals surface area contributed by atoms with Gasteiger partial charge in [-0.3, -0.25) is 4.79 Å². The molecule has 5 nitrogen and oxygen atoms in total. The Morgan fingerprint density at radius 1 is 1.27 bits per heavy atom. The first-order chi connectivity index (χ1) is 10.8. The van der Waals surface area contributed by atoms with Crippen molar-refractivity contribution in [3.8, 4) is 16.7 Å². The summed E-state index contributed by atoms with van der Waals surface area (Å²) in [6.45, 7) is 4.74. The molecule has 0 aliphatic carbocycles. The summed E-state index contributed by atoms with van der Waals surface area (Å²) in [5.41, 5.74) is 0. The second-order valence-corrected chi connectivity index (χ2v) is 6.11. The van der Waals surface area contributed by atoms with E-state index in [2.05, 4.69) is 17.0 Å². The number of hydrogen-bond donors (Lipinski definition) is 0. The summed E-state index contributed by atoms with van der Waals surface area (Å²) in [7, 11) is 0. The molecule has 0 aliphatic heterocycles. The van der Waals surface area contributed by atoms with Crippen molar-refractivity contribution in [2.24, 2.45) is 0 Å². The van der Waals surface area contributed by atoms with E-state index in [4.69, 9.17) is 4.74 Å². The average Bonchev–Trinajstić information content (AvgIpc) is 3.18. The summed E-state index contributed by atoms with van der Waals surface area (Å²) in [6, 6.07) is 4.17. The first-order valence-corrected chi connectivity index (χ1v) is 8.81. The average molecular weight is 321 g/mol. The maximum absolute atomic E-state index is 12.4. The third kappa shape index (κ3) is 4.40. The fraction of sp³-hybridized carbons (Fsp3) is 0.562. The molecule has 2 aromatic heterocycles. The number of rotatable bonds is 9. The molecule has 0 saturated heterocycles. The Labute approximate surface area is 135 Å². The van der Waals surface area contributed by atoms with Gasteiger partial charge in [-0.25, -0.2) is 0 Å². The van der Waals surface area contributed by atoms with Crippen LogP contribution in [-0.2, 0) is 0 Å². The molecule has 0 N–H and O–H groups in total. The van der Waals surface area contributed by atoms with E-state index in [1.165, 1.54) is 4.68 Å². The Kier molecular flexibility index (Phi) is 6.58. The molecule has 0 atom stereocenters. The van der Waals surface area contributed by atoms with Gasteiger partial charge in [-0.05, 0) is 24.3 Å².